The van der Waals surface area contributed by atoms with Crippen molar-refractivity contribution in [3.63, 3.8) is 0 Å². The molecule has 3 aromatic carbocycles. The Morgan fingerprint density at radius 2 is 1.68 bits per heavy atom. The van der Waals surface area contributed by atoms with E-state index in [2.05, 4.69) is 9.71 Å². The van der Waals surface area contributed by atoms with E-state index in [1.165, 1.54) is 42.5 Å². The van der Waals surface area contributed by atoms with Gasteiger partial charge in [0.2, 0.25) is 0 Å². The van der Waals surface area contributed by atoms with Crippen molar-refractivity contribution < 1.29 is 23.1 Å². The Kier molecular flexibility index (Phi) is 8.51. The van der Waals surface area contributed by atoms with Crippen LogP contribution in [0.2, 0.25) is 10.0 Å². The van der Waals surface area contributed by atoms with E-state index < -0.39 is 15.6 Å². The van der Waals surface area contributed by atoms with Crippen LogP contribution in [0.15, 0.2) is 96.0 Å². The van der Waals surface area contributed by atoms with Crippen LogP contribution in [0, 0.1) is 0 Å². The number of nitrogens with zero attached hydrogens (tertiary/aromatic N) is 2. The van der Waals surface area contributed by atoms with Crippen molar-refractivity contribution in [2.24, 2.45) is 0 Å². The van der Waals surface area contributed by atoms with Crippen molar-refractivity contribution in [3.05, 3.63) is 112 Å². The molecule has 1 aliphatic rings. The van der Waals surface area contributed by atoms with Gasteiger partial charge >= 0.3 is 0 Å². The first kappa shape index (κ1) is 28.9. The third-order valence-electron chi connectivity index (χ3n) is 6.87. The number of likely N-dealkylation sites (tertiary alicyclic amines) is 1. The lowest BCUT2D eigenvalue weighted by Crippen LogP contribution is -2.48. The number of hydrogen-bond donors (Lipinski definition) is 2. The molecule has 0 atom stereocenters. The first-order valence-corrected chi connectivity index (χ1v) is 15.1. The summed E-state index contributed by atoms with van der Waals surface area (Å²) in [7, 11) is -4.06. The molecule has 5 rings (SSSR count). The van der Waals surface area contributed by atoms with Crippen LogP contribution < -0.4 is 9.46 Å². The smallest absolute Gasteiger partial charge is 0.261 e. The molecule has 1 amide bonds. The van der Waals surface area contributed by atoms with Crippen LogP contribution in [0.5, 0.6) is 11.5 Å². The van der Waals surface area contributed by atoms with Crippen LogP contribution >= 0.6 is 23.2 Å². The number of nitrogens with one attached hydrogen (secondary N) is 1. The minimum Gasteiger partial charge on any atom is -0.456 e. The average Bonchev–Trinajstić information content (AvgIpc) is 2.96. The molecule has 2 N–H and O–H groups in total. The van der Waals surface area contributed by atoms with Crippen LogP contribution in [0.25, 0.3) is 0 Å². The van der Waals surface area contributed by atoms with Crippen LogP contribution in [0.3, 0.4) is 0 Å². The lowest BCUT2D eigenvalue weighted by molar-refractivity contribution is -0.0168. The number of aliphatic hydroxyl groups is 1. The second kappa shape index (κ2) is 12.1. The predicted molar refractivity (Wildman–Crippen MR) is 158 cm³/mol. The number of hydrogen-bond acceptors (Lipinski definition) is 6. The van der Waals surface area contributed by atoms with Crippen molar-refractivity contribution in [2.45, 2.75) is 29.8 Å². The molecule has 1 aromatic heterocycles. The zero-order valence-electron chi connectivity index (χ0n) is 21.8. The Labute approximate surface area is 248 Å². The Hall–Kier alpha value is -3.63. The molecule has 1 fully saturated rings. The number of para-hydroxylation sites is 1. The van der Waals surface area contributed by atoms with Gasteiger partial charge in [-0.25, -0.2) is 8.42 Å². The molecule has 11 heteroatoms. The Morgan fingerprint density at radius 1 is 0.976 bits per heavy atom. The van der Waals surface area contributed by atoms with Crippen LogP contribution in [0.1, 0.15) is 28.9 Å². The third kappa shape index (κ3) is 7.00. The van der Waals surface area contributed by atoms with Crippen LogP contribution in [-0.2, 0) is 16.4 Å². The summed E-state index contributed by atoms with van der Waals surface area (Å²) < 4.78 is 34.8. The fourth-order valence-electron chi connectivity index (χ4n) is 4.64. The van der Waals surface area contributed by atoms with Gasteiger partial charge in [-0.1, -0.05) is 41.4 Å². The highest BCUT2D eigenvalue weighted by molar-refractivity contribution is 7.92. The molecule has 0 aliphatic carbocycles. The quantitative estimate of drug-likeness (QED) is 0.246. The zero-order valence-corrected chi connectivity index (χ0v) is 24.2. The summed E-state index contributed by atoms with van der Waals surface area (Å²) in [5.74, 6) is 0.473. The Bertz CT molecular complexity index is 1640. The molecule has 1 aliphatic heterocycles. The van der Waals surface area contributed by atoms with Gasteiger partial charge in [0.15, 0.2) is 0 Å². The lowest BCUT2D eigenvalue weighted by atomic mass is 9.86. The summed E-state index contributed by atoms with van der Waals surface area (Å²) in [5, 5.41) is 11.8. The molecule has 4 aromatic rings. The summed E-state index contributed by atoms with van der Waals surface area (Å²) in [4.78, 5) is 19.4. The van der Waals surface area contributed by atoms with Crippen molar-refractivity contribution in [1.29, 1.82) is 0 Å². The van der Waals surface area contributed by atoms with Crippen molar-refractivity contribution in [1.82, 2.24) is 9.88 Å². The van der Waals surface area contributed by atoms with Crippen molar-refractivity contribution >= 4 is 44.8 Å². The number of carbonyl (C=O) groups is 1. The van der Waals surface area contributed by atoms with Gasteiger partial charge in [-0.3, -0.25) is 14.5 Å². The zero-order chi connectivity index (χ0) is 29.0. The number of aromatic nitrogens is 1. The second-order valence-corrected chi connectivity index (χ2v) is 12.3. The molecule has 0 bridgehead atoms. The first-order valence-electron chi connectivity index (χ1n) is 12.9. The molecule has 0 saturated carbocycles. The number of halogens is 2. The van der Waals surface area contributed by atoms with E-state index in [-0.39, 0.29) is 22.1 Å². The maximum atomic E-state index is 13.5. The van der Waals surface area contributed by atoms with Gasteiger partial charge in [0.25, 0.3) is 15.9 Å². The lowest BCUT2D eigenvalue weighted by Gasteiger charge is -2.38. The first-order chi connectivity index (χ1) is 19.6. The molecule has 1 saturated heterocycles. The van der Waals surface area contributed by atoms with E-state index in [1.54, 1.807) is 35.4 Å². The molecule has 212 valence electrons. The molecular formula is C30H27Cl2N3O5S. The van der Waals surface area contributed by atoms with Crippen molar-refractivity contribution in [2.75, 3.05) is 17.8 Å². The number of piperidine rings is 1. The molecule has 0 unspecified atom stereocenters. The van der Waals surface area contributed by atoms with E-state index in [1.807, 2.05) is 18.2 Å². The normalized spacial score (nSPS) is 14.9. The Morgan fingerprint density at radius 3 is 2.37 bits per heavy atom. The SMILES string of the molecule is O=C(c1cc(Cl)ccc1NS(=O)(=O)c1ccc(Oc2ccccc2Cl)cc1)N1CCC(O)(Cc2ccccn2)CC1. The minimum atomic E-state index is -4.06. The number of ether oxygens (including phenoxy) is 1. The molecular weight excluding hydrogens is 585 g/mol. The van der Waals surface area contributed by atoms with E-state index in [0.29, 0.717) is 53.9 Å². The van der Waals surface area contributed by atoms with E-state index in [0.717, 1.165) is 5.69 Å². The second-order valence-electron chi connectivity index (χ2n) is 9.81. The number of amides is 1. The number of rotatable bonds is 8. The average molecular weight is 613 g/mol. The number of benzene rings is 3. The fraction of sp³-hybridized carbons (Fsp3) is 0.200. The van der Waals surface area contributed by atoms with Crippen LogP contribution in [0.4, 0.5) is 5.69 Å². The number of sulfonamides is 1. The van der Waals surface area contributed by atoms with Crippen LogP contribution in [-0.4, -0.2) is 48.0 Å². The maximum Gasteiger partial charge on any atom is 0.261 e. The van der Waals surface area contributed by atoms with Gasteiger partial charge in [0.1, 0.15) is 11.5 Å². The summed E-state index contributed by atoms with van der Waals surface area (Å²) in [6.45, 7) is 0.599. The summed E-state index contributed by atoms with van der Waals surface area (Å²) >= 11 is 12.3. The monoisotopic (exact) mass is 611 g/mol. The van der Waals surface area contributed by atoms with Gasteiger partial charge in [0.05, 0.1) is 26.8 Å². The highest BCUT2D eigenvalue weighted by Gasteiger charge is 2.35. The molecule has 41 heavy (non-hydrogen) atoms. The highest BCUT2D eigenvalue weighted by atomic mass is 35.5. The van der Waals surface area contributed by atoms with E-state index >= 15 is 0 Å². The number of pyridine rings is 1. The summed E-state index contributed by atoms with van der Waals surface area (Å²) in [6.07, 6.45) is 2.79. The number of carbonyl (C=O) groups excluding carboxylic acids is 1. The van der Waals surface area contributed by atoms with Gasteiger partial charge in [-0.05, 0) is 79.6 Å². The maximum absolute atomic E-state index is 13.5. The standard InChI is InChI=1S/C30H27Cl2N3O5S/c31-21-8-13-27(34-41(38,39)24-11-9-23(10-12-24)40-28-7-2-1-6-26(28)32)25(19-21)29(36)35-17-14-30(37,15-18-35)20-22-5-3-4-16-33-22/h1-13,16,19,34,37H,14-15,17-18,20H2. The summed E-state index contributed by atoms with van der Waals surface area (Å²) in [5.41, 5.74) is 0.0239. The highest BCUT2D eigenvalue weighted by Crippen LogP contribution is 2.32. The molecule has 0 spiro atoms. The van der Waals surface area contributed by atoms with Gasteiger partial charge < -0.3 is 14.7 Å². The molecule has 0 radical (unpaired) electrons. The molecule has 8 nitrogen and oxygen atoms in total. The van der Waals surface area contributed by atoms with Crippen molar-refractivity contribution in [3.8, 4) is 11.5 Å². The van der Waals surface area contributed by atoms with E-state index in [9.17, 15) is 18.3 Å². The largest absolute Gasteiger partial charge is 0.456 e. The van der Waals surface area contributed by atoms with E-state index in [4.69, 9.17) is 27.9 Å². The third-order valence-corrected chi connectivity index (χ3v) is 8.80. The van der Waals surface area contributed by atoms with Gasteiger partial charge in [0, 0.05) is 36.4 Å². The molecule has 2 heterocycles. The van der Waals surface area contributed by atoms with Gasteiger partial charge in [-0.15, -0.1) is 0 Å². The Balaban J connectivity index is 1.29. The number of anilines is 1. The van der Waals surface area contributed by atoms with Gasteiger partial charge in [-0.2, -0.15) is 0 Å². The fourth-order valence-corrected chi connectivity index (χ4v) is 6.07. The minimum absolute atomic E-state index is 0.0186. The summed E-state index contributed by atoms with van der Waals surface area (Å²) in [6, 6.07) is 22.8. The predicted octanol–water partition coefficient (Wildman–Crippen LogP) is 6.19. The topological polar surface area (TPSA) is 109 Å².